The predicted octanol–water partition coefficient (Wildman–Crippen LogP) is 3.20. The molecule has 3 nitrogen and oxygen atoms in total. The van der Waals surface area contributed by atoms with Crippen LogP contribution in [0.15, 0.2) is 30.5 Å². The number of benzene rings is 1. The third-order valence-corrected chi connectivity index (χ3v) is 3.67. The Labute approximate surface area is 108 Å². The van der Waals surface area contributed by atoms with E-state index in [1.807, 2.05) is 18.3 Å². The number of hydrogen-bond donors (Lipinski definition) is 1. The zero-order valence-corrected chi connectivity index (χ0v) is 10.6. The van der Waals surface area contributed by atoms with E-state index in [0.717, 1.165) is 24.6 Å². The lowest BCUT2D eigenvalue weighted by Gasteiger charge is -2.23. The molecule has 94 valence electrons. The molecule has 1 aliphatic heterocycles. The molecule has 1 aliphatic rings. The highest BCUT2D eigenvalue weighted by Gasteiger charge is 2.13. The van der Waals surface area contributed by atoms with Gasteiger partial charge in [-0.25, -0.2) is 4.98 Å². The third kappa shape index (κ3) is 2.13. The number of nitrogen functional groups attached to an aromatic ring is 1. The second-order valence-electron chi connectivity index (χ2n) is 5.02. The second kappa shape index (κ2) is 4.84. The van der Waals surface area contributed by atoms with Gasteiger partial charge >= 0.3 is 0 Å². The number of fused-ring (bicyclic) bond motifs is 1. The average Bonchev–Trinajstić information content (AvgIpc) is 2.67. The fourth-order valence-corrected chi connectivity index (χ4v) is 2.71. The van der Waals surface area contributed by atoms with Crippen molar-refractivity contribution in [3.05, 3.63) is 30.5 Å². The maximum absolute atomic E-state index is 5.91. The molecule has 1 saturated heterocycles. The maximum Gasteiger partial charge on any atom is 0.136 e. The zero-order chi connectivity index (χ0) is 12.4. The van der Waals surface area contributed by atoms with Gasteiger partial charge in [-0.2, -0.15) is 0 Å². The number of hydrogen-bond acceptors (Lipinski definition) is 3. The van der Waals surface area contributed by atoms with Gasteiger partial charge in [-0.1, -0.05) is 18.9 Å². The van der Waals surface area contributed by atoms with Gasteiger partial charge in [0.25, 0.3) is 0 Å². The van der Waals surface area contributed by atoms with Crippen molar-refractivity contribution in [1.29, 1.82) is 0 Å². The first-order valence-electron chi connectivity index (χ1n) is 6.74. The molecule has 3 heteroatoms. The number of nitrogens with zero attached hydrogens (tertiary/aromatic N) is 2. The first-order valence-corrected chi connectivity index (χ1v) is 6.74. The van der Waals surface area contributed by atoms with Crippen molar-refractivity contribution in [2.75, 3.05) is 23.7 Å². The molecular formula is C15H19N3. The molecule has 0 aliphatic carbocycles. The Balaban J connectivity index is 2.06. The first-order chi connectivity index (χ1) is 8.84. The summed E-state index contributed by atoms with van der Waals surface area (Å²) in [7, 11) is 0. The van der Waals surface area contributed by atoms with Crippen molar-refractivity contribution in [3.8, 4) is 0 Å². The van der Waals surface area contributed by atoms with Crippen LogP contribution in [-0.2, 0) is 0 Å². The van der Waals surface area contributed by atoms with Gasteiger partial charge in [0.15, 0.2) is 0 Å². The Morgan fingerprint density at radius 3 is 2.56 bits per heavy atom. The Morgan fingerprint density at radius 1 is 1.00 bits per heavy atom. The molecule has 2 heterocycles. The molecule has 1 aromatic carbocycles. The quantitative estimate of drug-likeness (QED) is 0.780. The van der Waals surface area contributed by atoms with Crippen LogP contribution in [0.2, 0.25) is 0 Å². The van der Waals surface area contributed by atoms with E-state index < -0.39 is 0 Å². The van der Waals surface area contributed by atoms with E-state index in [9.17, 15) is 0 Å². The van der Waals surface area contributed by atoms with Gasteiger partial charge in [0.1, 0.15) is 5.82 Å². The zero-order valence-electron chi connectivity index (χ0n) is 10.6. The summed E-state index contributed by atoms with van der Waals surface area (Å²) in [6.07, 6.45) is 7.10. The molecule has 1 aromatic heterocycles. The molecule has 0 spiro atoms. The monoisotopic (exact) mass is 241 g/mol. The lowest BCUT2D eigenvalue weighted by molar-refractivity contribution is 0.726. The van der Waals surface area contributed by atoms with Gasteiger partial charge in [-0.3, -0.25) is 0 Å². The lowest BCUT2D eigenvalue weighted by Crippen LogP contribution is -2.25. The van der Waals surface area contributed by atoms with E-state index in [1.54, 1.807) is 0 Å². The summed E-state index contributed by atoms with van der Waals surface area (Å²) in [4.78, 5) is 7.00. The van der Waals surface area contributed by atoms with Crippen LogP contribution in [0.1, 0.15) is 25.7 Å². The van der Waals surface area contributed by atoms with Crippen LogP contribution < -0.4 is 10.6 Å². The highest BCUT2D eigenvalue weighted by atomic mass is 15.2. The SMILES string of the molecule is Nc1ccc2ccnc(N3CCCCCC3)c2c1. The van der Waals surface area contributed by atoms with Crippen molar-refractivity contribution in [2.24, 2.45) is 0 Å². The fourth-order valence-electron chi connectivity index (χ4n) is 2.71. The van der Waals surface area contributed by atoms with Gasteiger partial charge in [0, 0.05) is 30.4 Å². The standard InChI is InChI=1S/C15H19N3/c16-13-6-5-12-7-8-17-15(14(12)11-13)18-9-3-1-2-4-10-18/h5-8,11H,1-4,9-10,16H2. The van der Waals surface area contributed by atoms with E-state index in [4.69, 9.17) is 5.73 Å². The predicted molar refractivity (Wildman–Crippen MR) is 76.8 cm³/mol. The number of anilines is 2. The molecule has 18 heavy (non-hydrogen) atoms. The minimum absolute atomic E-state index is 0.812. The van der Waals surface area contributed by atoms with Crippen LogP contribution in [0, 0.1) is 0 Å². The Morgan fingerprint density at radius 2 is 1.78 bits per heavy atom. The molecule has 0 saturated carbocycles. The molecule has 0 amide bonds. The average molecular weight is 241 g/mol. The van der Waals surface area contributed by atoms with Crippen molar-refractivity contribution in [3.63, 3.8) is 0 Å². The summed E-state index contributed by atoms with van der Waals surface area (Å²) in [5.74, 6) is 1.10. The van der Waals surface area contributed by atoms with Crippen LogP contribution in [-0.4, -0.2) is 18.1 Å². The summed E-state index contributed by atoms with van der Waals surface area (Å²) < 4.78 is 0. The van der Waals surface area contributed by atoms with E-state index in [-0.39, 0.29) is 0 Å². The van der Waals surface area contributed by atoms with E-state index >= 15 is 0 Å². The van der Waals surface area contributed by atoms with Crippen LogP contribution in [0.5, 0.6) is 0 Å². The summed E-state index contributed by atoms with van der Waals surface area (Å²) in [6.45, 7) is 2.22. The Kier molecular flexibility index (Phi) is 3.05. The van der Waals surface area contributed by atoms with Crippen molar-refractivity contribution in [1.82, 2.24) is 4.98 Å². The van der Waals surface area contributed by atoms with Gasteiger partial charge in [-0.15, -0.1) is 0 Å². The van der Waals surface area contributed by atoms with Crippen LogP contribution in [0.25, 0.3) is 10.8 Å². The third-order valence-electron chi connectivity index (χ3n) is 3.67. The summed E-state index contributed by atoms with van der Waals surface area (Å²) >= 11 is 0. The molecular weight excluding hydrogens is 222 g/mol. The molecule has 3 rings (SSSR count). The maximum atomic E-state index is 5.91. The number of aromatic nitrogens is 1. The molecule has 2 N–H and O–H groups in total. The summed E-state index contributed by atoms with van der Waals surface area (Å²) in [6, 6.07) is 8.13. The van der Waals surface area contributed by atoms with Crippen molar-refractivity contribution >= 4 is 22.3 Å². The van der Waals surface area contributed by atoms with Crippen LogP contribution in [0.4, 0.5) is 11.5 Å². The highest BCUT2D eigenvalue weighted by molar-refractivity contribution is 5.94. The highest BCUT2D eigenvalue weighted by Crippen LogP contribution is 2.27. The fraction of sp³-hybridized carbons (Fsp3) is 0.400. The van der Waals surface area contributed by atoms with Gasteiger partial charge in [0.2, 0.25) is 0 Å². The first kappa shape index (κ1) is 11.3. The van der Waals surface area contributed by atoms with Crippen molar-refractivity contribution in [2.45, 2.75) is 25.7 Å². The minimum atomic E-state index is 0.812. The van der Waals surface area contributed by atoms with Crippen molar-refractivity contribution < 1.29 is 0 Å². The molecule has 2 aromatic rings. The van der Waals surface area contributed by atoms with Crippen LogP contribution in [0.3, 0.4) is 0 Å². The van der Waals surface area contributed by atoms with Gasteiger partial charge < -0.3 is 10.6 Å². The summed E-state index contributed by atoms with van der Waals surface area (Å²) in [5, 5.41) is 2.40. The molecule has 1 fully saturated rings. The topological polar surface area (TPSA) is 42.1 Å². The van der Waals surface area contributed by atoms with E-state index in [1.165, 1.54) is 36.5 Å². The van der Waals surface area contributed by atoms with Gasteiger partial charge in [0.05, 0.1) is 0 Å². The van der Waals surface area contributed by atoms with E-state index in [0.29, 0.717) is 0 Å². The summed E-state index contributed by atoms with van der Waals surface area (Å²) in [5.41, 5.74) is 6.72. The Bertz CT molecular complexity index is 542. The smallest absolute Gasteiger partial charge is 0.136 e. The second-order valence-corrected chi connectivity index (χ2v) is 5.02. The number of rotatable bonds is 1. The normalized spacial score (nSPS) is 16.8. The number of nitrogens with two attached hydrogens (primary N) is 1. The largest absolute Gasteiger partial charge is 0.399 e. The van der Waals surface area contributed by atoms with Crippen LogP contribution >= 0.6 is 0 Å². The molecule has 0 atom stereocenters. The van der Waals surface area contributed by atoms with E-state index in [2.05, 4.69) is 22.0 Å². The lowest BCUT2D eigenvalue weighted by atomic mass is 10.1. The molecule has 0 bridgehead atoms. The molecule has 0 unspecified atom stereocenters. The molecule has 0 radical (unpaired) electrons. The minimum Gasteiger partial charge on any atom is -0.399 e. The van der Waals surface area contributed by atoms with Gasteiger partial charge in [-0.05, 0) is 36.4 Å². The Hall–Kier alpha value is -1.77. The number of pyridine rings is 1.